The topological polar surface area (TPSA) is 107 Å². The van der Waals surface area contributed by atoms with Crippen LogP contribution in [-0.2, 0) is 20.9 Å². The van der Waals surface area contributed by atoms with Crippen molar-refractivity contribution >= 4 is 29.4 Å². The van der Waals surface area contributed by atoms with Crippen LogP contribution in [0.4, 0.5) is 0 Å². The van der Waals surface area contributed by atoms with Gasteiger partial charge in [-0.25, -0.2) is 0 Å². The molecule has 2 amide bonds. The van der Waals surface area contributed by atoms with E-state index >= 15 is 0 Å². The van der Waals surface area contributed by atoms with Crippen LogP contribution in [0.1, 0.15) is 24.1 Å². The summed E-state index contributed by atoms with van der Waals surface area (Å²) in [5, 5.41) is 23.4. The second kappa shape index (κ2) is 6.86. The lowest BCUT2D eigenvalue weighted by molar-refractivity contribution is -0.150. The molecule has 4 atom stereocenters. The molecule has 2 fully saturated rings. The fraction of sp³-hybridized carbons (Fsp3) is 0.286. The number of carbonyl (C=O) groups excluding carboxylic acids is 2. The summed E-state index contributed by atoms with van der Waals surface area (Å²) in [6, 6.07) is 12.5. The number of likely N-dealkylation sites (tertiary alicyclic amines) is 1. The molecule has 8 heteroatoms. The molecule has 0 spiro atoms. The van der Waals surface area contributed by atoms with Crippen molar-refractivity contribution in [2.45, 2.75) is 25.0 Å². The molecule has 0 aliphatic carbocycles. The van der Waals surface area contributed by atoms with Crippen LogP contribution in [0, 0.1) is 11.8 Å². The van der Waals surface area contributed by atoms with Crippen LogP contribution in [0.25, 0.3) is 0 Å². The molecule has 2 aliphatic rings. The number of carbonyl (C=O) groups is 3. The van der Waals surface area contributed by atoms with Crippen LogP contribution in [0.3, 0.4) is 0 Å². The third-order valence-corrected chi connectivity index (χ3v) is 6.07. The van der Waals surface area contributed by atoms with Crippen LogP contribution in [0.15, 0.2) is 48.5 Å². The van der Waals surface area contributed by atoms with E-state index in [2.05, 4.69) is 5.32 Å². The summed E-state index contributed by atoms with van der Waals surface area (Å²) in [5.41, 5.74) is -0.607. The standard InChI is InChI=1S/C21H19ClN2O5/c1-21(20(28)29)16-15(17(23-21)13-9-12(22)7-8-14(13)25)18(26)24(19(16)27)10-11-5-3-2-4-6-11/h2-9,15-17,23,25H,10H2,1H3,(H,28,29)/t15-,16+,17+,21-/m0/s1. The molecule has 2 aromatic carbocycles. The highest BCUT2D eigenvalue weighted by Gasteiger charge is 2.66. The van der Waals surface area contributed by atoms with Crippen molar-refractivity contribution in [1.82, 2.24) is 10.2 Å². The third kappa shape index (κ3) is 2.97. The molecule has 2 aliphatic heterocycles. The van der Waals surface area contributed by atoms with E-state index in [9.17, 15) is 24.6 Å². The number of nitrogens with one attached hydrogen (secondary N) is 1. The first-order valence-electron chi connectivity index (χ1n) is 9.12. The van der Waals surface area contributed by atoms with Crippen molar-refractivity contribution in [3.8, 4) is 5.75 Å². The number of carboxylic acids is 1. The summed E-state index contributed by atoms with van der Waals surface area (Å²) in [5.74, 6) is -4.42. The van der Waals surface area contributed by atoms with E-state index < -0.39 is 41.2 Å². The number of hydrogen-bond donors (Lipinski definition) is 3. The maximum atomic E-state index is 13.2. The molecule has 150 valence electrons. The second-order valence-corrected chi connectivity index (χ2v) is 8.02. The van der Waals surface area contributed by atoms with Gasteiger partial charge in [-0.1, -0.05) is 41.9 Å². The lowest BCUT2D eigenvalue weighted by atomic mass is 9.80. The van der Waals surface area contributed by atoms with Gasteiger partial charge in [0.2, 0.25) is 11.8 Å². The van der Waals surface area contributed by atoms with Gasteiger partial charge in [-0.3, -0.25) is 24.6 Å². The average molecular weight is 415 g/mol. The molecule has 7 nitrogen and oxygen atoms in total. The summed E-state index contributed by atoms with van der Waals surface area (Å²) < 4.78 is 0. The van der Waals surface area contributed by atoms with E-state index in [1.54, 1.807) is 24.3 Å². The van der Waals surface area contributed by atoms with Gasteiger partial charge in [-0.2, -0.15) is 0 Å². The Morgan fingerprint density at radius 2 is 1.86 bits per heavy atom. The number of benzene rings is 2. The molecule has 0 bridgehead atoms. The van der Waals surface area contributed by atoms with E-state index in [1.165, 1.54) is 25.1 Å². The summed E-state index contributed by atoms with van der Waals surface area (Å²) >= 11 is 6.06. The Labute approximate surface area is 171 Å². The number of imide groups is 1. The highest BCUT2D eigenvalue weighted by Crippen LogP contribution is 2.50. The number of aliphatic carboxylic acids is 1. The summed E-state index contributed by atoms with van der Waals surface area (Å²) in [4.78, 5) is 39.6. The minimum absolute atomic E-state index is 0.0649. The van der Waals surface area contributed by atoms with Crippen molar-refractivity contribution in [2.24, 2.45) is 11.8 Å². The van der Waals surface area contributed by atoms with Crippen molar-refractivity contribution in [3.63, 3.8) is 0 Å². The largest absolute Gasteiger partial charge is 0.508 e. The summed E-state index contributed by atoms with van der Waals surface area (Å²) in [7, 11) is 0. The van der Waals surface area contributed by atoms with E-state index in [1.807, 2.05) is 6.07 Å². The third-order valence-electron chi connectivity index (χ3n) is 5.83. The van der Waals surface area contributed by atoms with Crippen LogP contribution >= 0.6 is 11.6 Å². The molecule has 0 unspecified atom stereocenters. The fourth-order valence-electron chi connectivity index (χ4n) is 4.36. The number of aromatic hydroxyl groups is 1. The number of rotatable bonds is 4. The molecule has 0 aromatic heterocycles. The highest BCUT2D eigenvalue weighted by molar-refractivity contribution is 6.30. The average Bonchev–Trinajstić information content (AvgIpc) is 3.14. The molecule has 29 heavy (non-hydrogen) atoms. The maximum absolute atomic E-state index is 13.2. The normalized spacial score (nSPS) is 28.6. The second-order valence-electron chi connectivity index (χ2n) is 7.58. The fourth-order valence-corrected chi connectivity index (χ4v) is 4.54. The minimum Gasteiger partial charge on any atom is -0.508 e. The molecular weight excluding hydrogens is 396 g/mol. The minimum atomic E-state index is -1.66. The number of halogens is 1. The van der Waals surface area contributed by atoms with Gasteiger partial charge >= 0.3 is 5.97 Å². The van der Waals surface area contributed by atoms with E-state index in [0.717, 1.165) is 10.5 Å². The molecule has 0 radical (unpaired) electrons. The highest BCUT2D eigenvalue weighted by atomic mass is 35.5. The molecular formula is C21H19ClN2O5. The van der Waals surface area contributed by atoms with Gasteiger partial charge in [0, 0.05) is 16.6 Å². The number of carboxylic acid groups (broad SMARTS) is 1. The Kier molecular flexibility index (Phi) is 4.59. The first-order chi connectivity index (χ1) is 13.7. The van der Waals surface area contributed by atoms with Crippen LogP contribution in [-0.4, -0.2) is 38.4 Å². The lowest BCUT2D eigenvalue weighted by Crippen LogP contribution is -2.53. The molecule has 2 aromatic rings. The Balaban J connectivity index is 1.78. The first kappa shape index (κ1) is 19.4. The zero-order valence-corrected chi connectivity index (χ0v) is 16.3. The smallest absolute Gasteiger partial charge is 0.324 e. The maximum Gasteiger partial charge on any atom is 0.324 e. The number of nitrogens with zero attached hydrogens (tertiary/aromatic N) is 1. The monoisotopic (exact) mass is 414 g/mol. The molecule has 0 saturated carbocycles. The number of phenols is 1. The van der Waals surface area contributed by atoms with E-state index in [0.29, 0.717) is 10.6 Å². The first-order valence-corrected chi connectivity index (χ1v) is 9.50. The Morgan fingerprint density at radius 3 is 2.52 bits per heavy atom. The Morgan fingerprint density at radius 1 is 1.17 bits per heavy atom. The van der Waals surface area contributed by atoms with Crippen molar-refractivity contribution in [1.29, 1.82) is 0 Å². The quantitative estimate of drug-likeness (QED) is 0.663. The van der Waals surface area contributed by atoms with Gasteiger partial charge in [0.1, 0.15) is 11.3 Å². The van der Waals surface area contributed by atoms with Gasteiger partial charge in [-0.15, -0.1) is 0 Å². The van der Waals surface area contributed by atoms with Crippen LogP contribution in [0.5, 0.6) is 5.75 Å². The lowest BCUT2D eigenvalue weighted by Gasteiger charge is -2.27. The van der Waals surface area contributed by atoms with Crippen molar-refractivity contribution < 1.29 is 24.6 Å². The van der Waals surface area contributed by atoms with E-state index in [4.69, 9.17) is 11.6 Å². The van der Waals surface area contributed by atoms with Crippen molar-refractivity contribution in [2.75, 3.05) is 0 Å². The van der Waals surface area contributed by atoms with Crippen LogP contribution in [0.2, 0.25) is 5.02 Å². The number of amides is 2. The number of hydrogen-bond acceptors (Lipinski definition) is 5. The van der Waals surface area contributed by atoms with Gasteiger partial charge in [0.05, 0.1) is 18.4 Å². The Hall–Kier alpha value is -2.90. The molecule has 3 N–H and O–H groups in total. The van der Waals surface area contributed by atoms with Crippen molar-refractivity contribution in [3.05, 3.63) is 64.7 Å². The number of phenolic OH excluding ortho intramolecular Hbond substituents is 1. The van der Waals surface area contributed by atoms with Gasteiger partial charge in [0.25, 0.3) is 0 Å². The van der Waals surface area contributed by atoms with Gasteiger partial charge in [0.15, 0.2) is 0 Å². The molecule has 2 heterocycles. The zero-order valence-electron chi connectivity index (χ0n) is 15.5. The van der Waals surface area contributed by atoms with Crippen LogP contribution < -0.4 is 5.32 Å². The molecule has 2 saturated heterocycles. The van der Waals surface area contributed by atoms with Gasteiger partial charge in [-0.05, 0) is 30.7 Å². The Bertz CT molecular complexity index is 1010. The zero-order chi connectivity index (χ0) is 20.9. The number of fused-ring (bicyclic) bond motifs is 1. The molecule has 4 rings (SSSR count). The van der Waals surface area contributed by atoms with Gasteiger partial charge < -0.3 is 10.2 Å². The van der Waals surface area contributed by atoms with E-state index in [-0.39, 0.29) is 12.3 Å². The summed E-state index contributed by atoms with van der Waals surface area (Å²) in [6.45, 7) is 1.46. The summed E-state index contributed by atoms with van der Waals surface area (Å²) in [6.07, 6.45) is 0. The SMILES string of the molecule is C[C@]1(C(=O)O)N[C@H](c2cc(Cl)ccc2O)[C@H]2C(=O)N(Cc3ccccc3)C(=O)[C@@H]21. The predicted molar refractivity (Wildman–Crippen MR) is 104 cm³/mol. The predicted octanol–water partition coefficient (Wildman–Crippen LogP) is 2.33.